The minimum absolute atomic E-state index is 0.0226. The number of aromatic nitrogens is 1. The summed E-state index contributed by atoms with van der Waals surface area (Å²) in [6.07, 6.45) is 2.40. The van der Waals surface area contributed by atoms with Crippen molar-refractivity contribution in [2.75, 3.05) is 7.11 Å². The summed E-state index contributed by atoms with van der Waals surface area (Å²) in [5.74, 6) is -1.63. The van der Waals surface area contributed by atoms with Gasteiger partial charge in [-0.05, 0) is 52.9 Å². The first-order valence-electron chi connectivity index (χ1n) is 11.8. The number of methoxy groups -OCH3 is 1. The highest BCUT2D eigenvalue weighted by molar-refractivity contribution is 5.94. The van der Waals surface area contributed by atoms with Gasteiger partial charge in [-0.3, -0.25) is 9.78 Å². The van der Waals surface area contributed by atoms with E-state index in [0.717, 1.165) is 5.56 Å². The lowest BCUT2D eigenvalue weighted by atomic mass is 9.88. The first-order valence-corrected chi connectivity index (χ1v) is 11.8. The summed E-state index contributed by atoms with van der Waals surface area (Å²) in [4.78, 5) is 26.8. The van der Waals surface area contributed by atoms with E-state index in [9.17, 15) is 24.2 Å². The second kappa shape index (κ2) is 12.8. The fourth-order valence-electron chi connectivity index (χ4n) is 3.90. The molecule has 0 amide bonds. The van der Waals surface area contributed by atoms with Crippen LogP contribution in [0.5, 0.6) is 11.5 Å². The predicted octanol–water partition coefficient (Wildman–Crippen LogP) is 4.07. The summed E-state index contributed by atoms with van der Waals surface area (Å²) < 4.78 is 25.7. The number of ketones is 1. The number of rotatable bonds is 12. The number of carboxylic acids is 1. The van der Waals surface area contributed by atoms with Crippen LogP contribution in [-0.2, 0) is 16.2 Å². The topological polar surface area (TPSA) is 109 Å². The molecule has 37 heavy (non-hydrogen) atoms. The number of hydrogen-bond donors (Lipinski definition) is 1. The van der Waals surface area contributed by atoms with Gasteiger partial charge in [-0.25, -0.2) is 4.39 Å². The normalized spacial score (nSPS) is 12.1. The van der Waals surface area contributed by atoms with E-state index in [0.29, 0.717) is 33.9 Å². The van der Waals surface area contributed by atoms with Gasteiger partial charge in [-0.2, -0.15) is 0 Å². The van der Waals surface area contributed by atoms with Gasteiger partial charge in [0.05, 0.1) is 18.9 Å². The zero-order valence-electron chi connectivity index (χ0n) is 20.9. The smallest absolute Gasteiger partial charge is 0.170 e. The van der Waals surface area contributed by atoms with E-state index in [4.69, 9.17) is 9.47 Å². The van der Waals surface area contributed by atoms with Crippen molar-refractivity contribution in [1.82, 2.24) is 4.98 Å². The zero-order valence-corrected chi connectivity index (χ0v) is 20.9. The van der Waals surface area contributed by atoms with Crippen LogP contribution in [0.25, 0.3) is 17.2 Å². The summed E-state index contributed by atoms with van der Waals surface area (Å²) in [6.45, 7) is 4.14. The zero-order chi connectivity index (χ0) is 26.9. The van der Waals surface area contributed by atoms with Crippen molar-refractivity contribution in [3.8, 4) is 22.6 Å². The molecule has 3 rings (SSSR count). The van der Waals surface area contributed by atoms with Crippen LogP contribution in [0.1, 0.15) is 49.4 Å². The van der Waals surface area contributed by atoms with Crippen molar-refractivity contribution in [1.29, 1.82) is 0 Å². The van der Waals surface area contributed by atoms with Gasteiger partial charge >= 0.3 is 0 Å². The fraction of sp³-hybridized carbons (Fsp3) is 0.276. The molecule has 3 aromatic rings. The van der Waals surface area contributed by atoms with Crippen LogP contribution in [0.2, 0.25) is 0 Å². The second-order valence-corrected chi connectivity index (χ2v) is 8.78. The SMILES string of the molecule is COc1cc(C(C)C)c(/C=C/C(O)CC(=O)CC(=O)[O-])c(-c2ccc(F)cc2)c1OCc1ccccn1. The van der Waals surface area contributed by atoms with Crippen molar-refractivity contribution < 1.29 is 33.7 Å². The Labute approximate surface area is 215 Å². The van der Waals surface area contributed by atoms with E-state index in [1.165, 1.54) is 25.3 Å². The molecule has 0 saturated heterocycles. The molecule has 2 aromatic carbocycles. The molecule has 0 aliphatic heterocycles. The van der Waals surface area contributed by atoms with Crippen LogP contribution in [0, 0.1) is 5.82 Å². The Morgan fingerprint density at radius 3 is 2.49 bits per heavy atom. The summed E-state index contributed by atoms with van der Waals surface area (Å²) in [5.41, 5.74) is 3.51. The lowest BCUT2D eigenvalue weighted by molar-refractivity contribution is -0.304. The van der Waals surface area contributed by atoms with Crippen molar-refractivity contribution in [2.45, 2.75) is 45.3 Å². The summed E-state index contributed by atoms with van der Waals surface area (Å²) in [7, 11) is 1.53. The third kappa shape index (κ3) is 7.47. The molecule has 0 saturated carbocycles. The average Bonchev–Trinajstić information content (AvgIpc) is 2.86. The second-order valence-electron chi connectivity index (χ2n) is 8.78. The van der Waals surface area contributed by atoms with E-state index in [2.05, 4.69) is 4.98 Å². The summed E-state index contributed by atoms with van der Waals surface area (Å²) >= 11 is 0. The number of Topliss-reactive ketones (excluding diaryl/α,β-unsaturated/α-hetero) is 1. The van der Waals surface area contributed by atoms with Crippen molar-refractivity contribution >= 4 is 17.8 Å². The molecule has 1 heterocycles. The highest BCUT2D eigenvalue weighted by Crippen LogP contribution is 2.45. The number of hydrogen-bond acceptors (Lipinski definition) is 7. The molecule has 1 aromatic heterocycles. The third-order valence-corrected chi connectivity index (χ3v) is 5.65. The van der Waals surface area contributed by atoms with Gasteiger partial charge in [-0.1, -0.05) is 44.2 Å². The number of ether oxygens (including phenoxy) is 2. The molecule has 0 bridgehead atoms. The highest BCUT2D eigenvalue weighted by atomic mass is 19.1. The van der Waals surface area contributed by atoms with Gasteiger partial charge in [0.15, 0.2) is 11.5 Å². The van der Waals surface area contributed by atoms with E-state index in [1.54, 1.807) is 30.5 Å². The largest absolute Gasteiger partial charge is 0.550 e. The Bertz CT molecular complexity index is 1260. The minimum atomic E-state index is -1.49. The molecule has 1 N–H and O–H groups in total. The molecule has 0 spiro atoms. The first kappa shape index (κ1) is 27.5. The van der Waals surface area contributed by atoms with Crippen LogP contribution in [0.15, 0.2) is 60.8 Å². The van der Waals surface area contributed by atoms with E-state index < -0.39 is 30.1 Å². The maximum Gasteiger partial charge on any atom is 0.170 e. The number of aliphatic carboxylic acids is 1. The van der Waals surface area contributed by atoms with E-state index >= 15 is 0 Å². The monoisotopic (exact) mass is 506 g/mol. The number of pyridine rings is 1. The third-order valence-electron chi connectivity index (χ3n) is 5.65. The standard InChI is InChI=1S/C29H30FNO6/c1-18(2)25-16-26(36-3)29(37-17-21-6-4-5-13-31-21)28(19-7-9-20(30)10-8-19)24(25)12-11-22(32)14-23(33)15-27(34)35/h4-13,16,18,22,32H,14-15,17H2,1-3H3,(H,34,35)/p-1/b12-11+. The molecule has 1 atom stereocenters. The maximum atomic E-state index is 13.8. The number of carboxylic acid groups (broad SMARTS) is 1. The van der Waals surface area contributed by atoms with Gasteiger partial charge in [0, 0.05) is 30.6 Å². The van der Waals surface area contributed by atoms with E-state index in [1.807, 2.05) is 32.0 Å². The first-order chi connectivity index (χ1) is 17.7. The minimum Gasteiger partial charge on any atom is -0.550 e. The van der Waals surface area contributed by atoms with Crippen molar-refractivity contribution in [3.63, 3.8) is 0 Å². The number of nitrogens with zero attached hydrogens (tertiary/aromatic N) is 1. The molecule has 0 fully saturated rings. The molecular weight excluding hydrogens is 477 g/mol. The average molecular weight is 507 g/mol. The van der Waals surface area contributed by atoms with Crippen LogP contribution in [0.4, 0.5) is 4.39 Å². The lowest BCUT2D eigenvalue weighted by Gasteiger charge is -2.22. The Hall–Kier alpha value is -4.04. The fourth-order valence-corrected chi connectivity index (χ4v) is 3.90. The predicted molar refractivity (Wildman–Crippen MR) is 135 cm³/mol. The number of carbonyl (C=O) groups is 2. The molecule has 0 aliphatic rings. The number of aliphatic hydroxyl groups is 1. The van der Waals surface area contributed by atoms with Crippen LogP contribution < -0.4 is 14.6 Å². The van der Waals surface area contributed by atoms with Crippen LogP contribution in [0.3, 0.4) is 0 Å². The molecule has 194 valence electrons. The number of halogens is 1. The van der Waals surface area contributed by atoms with Gasteiger partial charge in [0.25, 0.3) is 0 Å². The lowest BCUT2D eigenvalue weighted by Crippen LogP contribution is -2.26. The number of aliphatic hydroxyl groups excluding tert-OH is 1. The molecule has 7 nitrogen and oxygen atoms in total. The number of benzene rings is 2. The van der Waals surface area contributed by atoms with Gasteiger partial charge < -0.3 is 24.5 Å². The van der Waals surface area contributed by atoms with Crippen LogP contribution >= 0.6 is 0 Å². The molecule has 0 radical (unpaired) electrons. The van der Waals surface area contributed by atoms with Crippen molar-refractivity contribution in [2.24, 2.45) is 0 Å². The van der Waals surface area contributed by atoms with Crippen LogP contribution in [-0.4, -0.2) is 35.1 Å². The molecule has 0 aliphatic carbocycles. The van der Waals surface area contributed by atoms with Gasteiger partial charge in [0.1, 0.15) is 18.2 Å². The quantitative estimate of drug-likeness (QED) is 0.369. The summed E-state index contributed by atoms with van der Waals surface area (Å²) in [6, 6.07) is 13.3. The maximum absolute atomic E-state index is 13.8. The Morgan fingerprint density at radius 2 is 1.89 bits per heavy atom. The Balaban J connectivity index is 2.14. The molecular formula is C29H29FNO6-. The molecule has 1 unspecified atom stereocenters. The molecule has 8 heteroatoms. The van der Waals surface area contributed by atoms with Gasteiger partial charge in [-0.15, -0.1) is 0 Å². The van der Waals surface area contributed by atoms with Crippen molar-refractivity contribution in [3.05, 3.63) is 83.4 Å². The Morgan fingerprint density at radius 1 is 1.16 bits per heavy atom. The highest BCUT2D eigenvalue weighted by Gasteiger charge is 2.22. The number of carbonyl (C=O) groups excluding carboxylic acids is 2. The Kier molecular flexibility index (Phi) is 9.51. The van der Waals surface area contributed by atoms with Gasteiger partial charge in [0.2, 0.25) is 0 Å². The summed E-state index contributed by atoms with van der Waals surface area (Å²) in [5, 5.41) is 21.1. The van der Waals surface area contributed by atoms with E-state index in [-0.39, 0.29) is 18.9 Å².